The number of fused-ring (bicyclic) bond motifs is 1. The van der Waals surface area contributed by atoms with Gasteiger partial charge < -0.3 is 15.2 Å². The van der Waals surface area contributed by atoms with Gasteiger partial charge in [-0.05, 0) is 22.9 Å². The number of nitrogens with one attached hydrogen (secondary N) is 1. The highest BCUT2D eigenvalue weighted by atomic mass is 19.4. The summed E-state index contributed by atoms with van der Waals surface area (Å²) in [6, 6.07) is 9.66. The van der Waals surface area contributed by atoms with E-state index in [0.717, 1.165) is 0 Å². The van der Waals surface area contributed by atoms with E-state index in [0.29, 0.717) is 10.8 Å². The summed E-state index contributed by atoms with van der Waals surface area (Å²) in [6.45, 7) is -2.38. The number of alkyl halides is 3. The molecule has 0 aromatic heterocycles. The van der Waals surface area contributed by atoms with Crippen LogP contribution in [0.3, 0.4) is 0 Å². The first-order valence-electron chi connectivity index (χ1n) is 6.48. The molecule has 0 spiro atoms. The summed E-state index contributed by atoms with van der Waals surface area (Å²) < 4.78 is 40.4. The number of hydrogen-bond donors (Lipinski definition) is 2. The van der Waals surface area contributed by atoms with Gasteiger partial charge in [0.25, 0.3) is 5.91 Å². The molecule has 0 aliphatic rings. The molecule has 5 nitrogen and oxygen atoms in total. The molecule has 0 saturated carbocycles. The first-order valence-corrected chi connectivity index (χ1v) is 6.48. The highest BCUT2D eigenvalue weighted by Gasteiger charge is 2.28. The molecule has 0 aliphatic heterocycles. The van der Waals surface area contributed by atoms with Crippen molar-refractivity contribution in [3.63, 3.8) is 0 Å². The monoisotopic (exact) mass is 327 g/mol. The quantitative estimate of drug-likeness (QED) is 0.846. The normalized spacial score (nSPS) is 11.3. The molecule has 0 bridgehead atoms. The van der Waals surface area contributed by atoms with Crippen LogP contribution in [0.25, 0.3) is 10.8 Å². The Morgan fingerprint density at radius 3 is 2.35 bits per heavy atom. The predicted molar refractivity (Wildman–Crippen MR) is 75.0 cm³/mol. The summed E-state index contributed by atoms with van der Waals surface area (Å²) in [4.78, 5) is 23.0. The van der Waals surface area contributed by atoms with Crippen molar-refractivity contribution in [1.29, 1.82) is 0 Å². The maximum Gasteiger partial charge on any atom is 0.405 e. The minimum atomic E-state index is -4.55. The van der Waals surface area contributed by atoms with Crippen LogP contribution in [0.15, 0.2) is 36.4 Å². The molecule has 0 atom stereocenters. The van der Waals surface area contributed by atoms with Crippen LogP contribution in [0.1, 0.15) is 10.4 Å². The largest absolute Gasteiger partial charge is 0.507 e. The second-order valence-corrected chi connectivity index (χ2v) is 4.68. The summed E-state index contributed by atoms with van der Waals surface area (Å²) >= 11 is 0. The van der Waals surface area contributed by atoms with Crippen LogP contribution in [0.5, 0.6) is 5.75 Å². The fourth-order valence-electron chi connectivity index (χ4n) is 1.85. The minimum absolute atomic E-state index is 0.174. The Bertz CT molecular complexity index is 743. The van der Waals surface area contributed by atoms with Crippen LogP contribution in [0, 0.1) is 0 Å². The SMILES string of the molecule is O=C(COC(=O)c1cc2ccccc2cc1O)NCC(F)(F)F. The van der Waals surface area contributed by atoms with E-state index in [2.05, 4.69) is 4.74 Å². The lowest BCUT2D eigenvalue weighted by Crippen LogP contribution is -2.36. The molecule has 1 amide bonds. The Hall–Kier alpha value is -2.77. The number of benzene rings is 2. The minimum Gasteiger partial charge on any atom is -0.507 e. The predicted octanol–water partition coefficient (Wildman–Crippen LogP) is 2.38. The third kappa shape index (κ3) is 4.60. The van der Waals surface area contributed by atoms with Gasteiger partial charge in [-0.1, -0.05) is 24.3 Å². The van der Waals surface area contributed by atoms with Gasteiger partial charge in [0.1, 0.15) is 17.9 Å². The number of carbonyl (C=O) groups is 2. The molecule has 0 radical (unpaired) electrons. The number of amides is 1. The van der Waals surface area contributed by atoms with Crippen molar-refractivity contribution in [3.05, 3.63) is 42.0 Å². The molecular weight excluding hydrogens is 315 g/mol. The lowest BCUT2D eigenvalue weighted by molar-refractivity contribution is -0.140. The van der Waals surface area contributed by atoms with E-state index in [1.54, 1.807) is 29.6 Å². The van der Waals surface area contributed by atoms with E-state index in [1.807, 2.05) is 0 Å². The van der Waals surface area contributed by atoms with Crippen molar-refractivity contribution >= 4 is 22.6 Å². The Morgan fingerprint density at radius 2 is 1.74 bits per heavy atom. The van der Waals surface area contributed by atoms with Crippen LogP contribution in [0.4, 0.5) is 13.2 Å². The molecule has 8 heteroatoms. The number of esters is 1. The second kappa shape index (κ2) is 6.55. The third-order valence-electron chi connectivity index (χ3n) is 2.90. The number of halogens is 3. The molecule has 0 saturated heterocycles. The van der Waals surface area contributed by atoms with E-state index in [1.165, 1.54) is 12.1 Å². The summed E-state index contributed by atoms with van der Waals surface area (Å²) in [5.41, 5.74) is -0.174. The summed E-state index contributed by atoms with van der Waals surface area (Å²) in [7, 11) is 0. The van der Waals surface area contributed by atoms with Gasteiger partial charge in [0.2, 0.25) is 0 Å². The molecular formula is C15H12F3NO4. The van der Waals surface area contributed by atoms with Crippen LogP contribution >= 0.6 is 0 Å². The Labute approximate surface area is 128 Å². The van der Waals surface area contributed by atoms with Gasteiger partial charge in [0.15, 0.2) is 6.61 Å². The van der Waals surface area contributed by atoms with Gasteiger partial charge in [-0.3, -0.25) is 4.79 Å². The molecule has 2 N–H and O–H groups in total. The smallest absolute Gasteiger partial charge is 0.405 e. The fraction of sp³-hybridized carbons (Fsp3) is 0.200. The Kier molecular flexibility index (Phi) is 4.73. The van der Waals surface area contributed by atoms with Crippen molar-refractivity contribution in [2.24, 2.45) is 0 Å². The molecule has 2 aromatic carbocycles. The Morgan fingerprint density at radius 1 is 1.13 bits per heavy atom. The van der Waals surface area contributed by atoms with Gasteiger partial charge in [-0.15, -0.1) is 0 Å². The second-order valence-electron chi connectivity index (χ2n) is 4.68. The number of phenols is 1. The van der Waals surface area contributed by atoms with Crippen molar-refractivity contribution < 1.29 is 32.6 Å². The molecule has 0 aliphatic carbocycles. The van der Waals surface area contributed by atoms with Crippen LogP contribution in [0.2, 0.25) is 0 Å². The number of ether oxygens (including phenoxy) is 1. The lowest BCUT2D eigenvalue weighted by Gasteiger charge is -2.10. The van der Waals surface area contributed by atoms with E-state index >= 15 is 0 Å². The van der Waals surface area contributed by atoms with Crippen molar-refractivity contribution in [3.8, 4) is 5.75 Å². The van der Waals surface area contributed by atoms with E-state index in [-0.39, 0.29) is 11.3 Å². The highest BCUT2D eigenvalue weighted by molar-refractivity contribution is 5.99. The number of carbonyl (C=O) groups excluding carboxylic acids is 2. The maximum atomic E-state index is 11.9. The third-order valence-corrected chi connectivity index (χ3v) is 2.90. The Balaban J connectivity index is 2.01. The van der Waals surface area contributed by atoms with E-state index in [4.69, 9.17) is 0 Å². The zero-order valence-electron chi connectivity index (χ0n) is 11.7. The lowest BCUT2D eigenvalue weighted by atomic mass is 10.1. The van der Waals surface area contributed by atoms with Gasteiger partial charge in [0, 0.05) is 0 Å². The van der Waals surface area contributed by atoms with Crippen molar-refractivity contribution in [2.75, 3.05) is 13.2 Å². The molecule has 0 heterocycles. The molecule has 2 rings (SSSR count). The maximum absolute atomic E-state index is 11.9. The van der Waals surface area contributed by atoms with Crippen molar-refractivity contribution in [1.82, 2.24) is 5.32 Å². The summed E-state index contributed by atoms with van der Waals surface area (Å²) in [5, 5.41) is 12.7. The van der Waals surface area contributed by atoms with Crippen LogP contribution in [-0.2, 0) is 9.53 Å². The number of hydrogen-bond acceptors (Lipinski definition) is 4. The number of aromatic hydroxyl groups is 1. The van der Waals surface area contributed by atoms with Crippen LogP contribution in [-0.4, -0.2) is 36.3 Å². The zero-order valence-corrected chi connectivity index (χ0v) is 11.7. The molecule has 2 aromatic rings. The topological polar surface area (TPSA) is 75.6 Å². The van der Waals surface area contributed by atoms with Crippen molar-refractivity contribution in [2.45, 2.75) is 6.18 Å². The average molecular weight is 327 g/mol. The highest BCUT2D eigenvalue weighted by Crippen LogP contribution is 2.25. The fourth-order valence-corrected chi connectivity index (χ4v) is 1.85. The molecule has 23 heavy (non-hydrogen) atoms. The van der Waals surface area contributed by atoms with Gasteiger partial charge in [0.05, 0.1) is 0 Å². The number of rotatable bonds is 4. The van der Waals surface area contributed by atoms with Gasteiger partial charge >= 0.3 is 12.1 Å². The zero-order chi connectivity index (χ0) is 17.0. The van der Waals surface area contributed by atoms with Crippen LogP contribution < -0.4 is 5.32 Å². The summed E-state index contributed by atoms with van der Waals surface area (Å²) in [5.74, 6) is -2.43. The van der Waals surface area contributed by atoms with Gasteiger partial charge in [-0.25, -0.2) is 4.79 Å². The molecule has 0 fully saturated rings. The molecule has 0 unspecified atom stereocenters. The first-order chi connectivity index (χ1) is 10.8. The standard InChI is InChI=1S/C15H12F3NO4/c16-15(17,18)8-19-13(21)7-23-14(22)11-5-9-3-1-2-4-10(9)6-12(11)20/h1-6,20H,7-8H2,(H,19,21). The van der Waals surface area contributed by atoms with E-state index < -0.39 is 31.2 Å². The molecule has 122 valence electrons. The summed E-state index contributed by atoms with van der Waals surface area (Å²) in [6.07, 6.45) is -4.55. The average Bonchev–Trinajstić information content (AvgIpc) is 2.49. The van der Waals surface area contributed by atoms with Gasteiger partial charge in [-0.2, -0.15) is 13.2 Å². The number of phenolic OH excluding ortho intramolecular Hbond substituents is 1. The first kappa shape index (κ1) is 16.6. The van der Waals surface area contributed by atoms with E-state index in [9.17, 15) is 27.9 Å².